The standard InChI is InChI=1S/C27H22ClNO5/c1-3-33-22-12-17(8-10-20(22)30)24-23-25(31)19-13-18(28)9-11-21(19)34-26(23)27(32)29(24)14-16-6-4-15(2)5-7-16/h4-13,24,30H,3,14H2,1-2H3. The molecule has 0 aliphatic carbocycles. The number of benzene rings is 3. The van der Waals surface area contributed by atoms with Gasteiger partial charge in [0.2, 0.25) is 5.76 Å². The first-order valence-electron chi connectivity index (χ1n) is 11.0. The van der Waals surface area contributed by atoms with Gasteiger partial charge in [0.25, 0.3) is 5.91 Å². The van der Waals surface area contributed by atoms with Crippen molar-refractivity contribution in [2.24, 2.45) is 0 Å². The topological polar surface area (TPSA) is 80.0 Å². The van der Waals surface area contributed by atoms with E-state index in [1.807, 2.05) is 38.1 Å². The van der Waals surface area contributed by atoms with Crippen molar-refractivity contribution in [2.45, 2.75) is 26.4 Å². The largest absolute Gasteiger partial charge is 0.504 e. The van der Waals surface area contributed by atoms with Crippen LogP contribution in [0.2, 0.25) is 5.02 Å². The van der Waals surface area contributed by atoms with E-state index in [0.717, 1.165) is 11.1 Å². The Balaban J connectivity index is 1.72. The summed E-state index contributed by atoms with van der Waals surface area (Å²) >= 11 is 6.14. The van der Waals surface area contributed by atoms with Crippen molar-refractivity contribution in [1.82, 2.24) is 4.90 Å². The highest BCUT2D eigenvalue weighted by Gasteiger charge is 2.43. The average molecular weight is 476 g/mol. The van der Waals surface area contributed by atoms with Crippen molar-refractivity contribution in [2.75, 3.05) is 6.61 Å². The number of phenols is 1. The summed E-state index contributed by atoms with van der Waals surface area (Å²) in [6, 6.07) is 16.8. The third-order valence-electron chi connectivity index (χ3n) is 6.00. The Morgan fingerprint density at radius 3 is 2.56 bits per heavy atom. The Bertz CT molecular complexity index is 1480. The SMILES string of the molecule is CCOc1cc(C2c3c(oc4ccc(Cl)cc4c3=O)C(=O)N2Cc2ccc(C)cc2)ccc1O. The predicted octanol–water partition coefficient (Wildman–Crippen LogP) is 5.60. The van der Waals surface area contributed by atoms with Gasteiger partial charge in [0.1, 0.15) is 5.58 Å². The molecule has 1 aliphatic heterocycles. The van der Waals surface area contributed by atoms with Crippen LogP contribution in [0, 0.1) is 6.92 Å². The molecule has 1 aliphatic rings. The van der Waals surface area contributed by atoms with Crippen LogP contribution in [0.3, 0.4) is 0 Å². The first-order chi connectivity index (χ1) is 16.4. The number of fused-ring (bicyclic) bond motifs is 2. The van der Waals surface area contributed by atoms with Crippen LogP contribution in [0.1, 0.15) is 45.8 Å². The molecule has 0 saturated heterocycles. The molecule has 0 saturated carbocycles. The van der Waals surface area contributed by atoms with Crippen LogP contribution in [0.4, 0.5) is 0 Å². The Kier molecular flexibility index (Phi) is 5.54. The molecule has 1 N–H and O–H groups in total. The molecule has 1 aromatic heterocycles. The molecule has 7 heteroatoms. The minimum atomic E-state index is -0.719. The Morgan fingerprint density at radius 1 is 1.06 bits per heavy atom. The van der Waals surface area contributed by atoms with Crippen molar-refractivity contribution < 1.29 is 19.1 Å². The van der Waals surface area contributed by atoms with Crippen LogP contribution in [0.15, 0.2) is 69.9 Å². The third kappa shape index (κ3) is 3.70. The Hall–Kier alpha value is -3.77. The smallest absolute Gasteiger partial charge is 0.291 e. The minimum absolute atomic E-state index is 0.0161. The van der Waals surface area contributed by atoms with E-state index in [4.69, 9.17) is 20.8 Å². The molecule has 0 spiro atoms. The molecular weight excluding hydrogens is 454 g/mol. The van der Waals surface area contributed by atoms with Crippen molar-refractivity contribution in [3.8, 4) is 11.5 Å². The molecule has 1 unspecified atom stereocenters. The minimum Gasteiger partial charge on any atom is -0.504 e. The predicted molar refractivity (Wildman–Crippen MR) is 130 cm³/mol. The van der Waals surface area contributed by atoms with E-state index in [-0.39, 0.29) is 40.7 Å². The summed E-state index contributed by atoms with van der Waals surface area (Å²) in [4.78, 5) is 28.8. The molecule has 0 fully saturated rings. The monoisotopic (exact) mass is 475 g/mol. The van der Waals surface area contributed by atoms with Gasteiger partial charge in [0.05, 0.1) is 23.6 Å². The molecule has 0 radical (unpaired) electrons. The number of rotatable bonds is 5. The highest BCUT2D eigenvalue weighted by atomic mass is 35.5. The van der Waals surface area contributed by atoms with Gasteiger partial charge in [0, 0.05) is 11.6 Å². The maximum atomic E-state index is 13.6. The van der Waals surface area contributed by atoms with Crippen LogP contribution < -0.4 is 10.2 Å². The van der Waals surface area contributed by atoms with E-state index in [9.17, 15) is 14.7 Å². The number of hydrogen-bond acceptors (Lipinski definition) is 5. The second-order valence-corrected chi connectivity index (χ2v) is 8.73. The van der Waals surface area contributed by atoms with E-state index in [1.54, 1.807) is 35.2 Å². The summed E-state index contributed by atoms with van der Waals surface area (Å²) < 4.78 is 11.5. The second-order valence-electron chi connectivity index (χ2n) is 8.30. The lowest BCUT2D eigenvalue weighted by atomic mass is 9.97. The zero-order valence-electron chi connectivity index (χ0n) is 18.7. The van der Waals surface area contributed by atoms with Gasteiger partial charge in [-0.25, -0.2) is 0 Å². The van der Waals surface area contributed by atoms with Gasteiger partial charge in [-0.1, -0.05) is 47.5 Å². The molecule has 0 bridgehead atoms. The highest BCUT2D eigenvalue weighted by Crippen LogP contribution is 2.41. The van der Waals surface area contributed by atoms with Gasteiger partial charge in [-0.05, 0) is 55.3 Å². The van der Waals surface area contributed by atoms with Gasteiger partial charge in [-0.15, -0.1) is 0 Å². The maximum absolute atomic E-state index is 13.6. The van der Waals surface area contributed by atoms with Crippen molar-refractivity contribution in [3.63, 3.8) is 0 Å². The van der Waals surface area contributed by atoms with Gasteiger partial charge in [0.15, 0.2) is 16.9 Å². The summed E-state index contributed by atoms with van der Waals surface area (Å²) in [5.74, 6) is -0.0921. The fourth-order valence-electron chi connectivity index (χ4n) is 4.36. The molecule has 6 nitrogen and oxygen atoms in total. The van der Waals surface area contributed by atoms with Crippen LogP contribution in [-0.4, -0.2) is 22.5 Å². The zero-order chi connectivity index (χ0) is 24.0. The van der Waals surface area contributed by atoms with Crippen LogP contribution in [0.5, 0.6) is 11.5 Å². The summed E-state index contributed by atoms with van der Waals surface area (Å²) in [5, 5.41) is 10.9. The first kappa shape index (κ1) is 22.0. The summed E-state index contributed by atoms with van der Waals surface area (Å²) in [6.07, 6.45) is 0. The number of carbonyl (C=O) groups excluding carboxylic acids is 1. The van der Waals surface area contributed by atoms with Crippen molar-refractivity contribution in [1.29, 1.82) is 0 Å². The lowest BCUT2D eigenvalue weighted by Gasteiger charge is -2.26. The van der Waals surface area contributed by atoms with Gasteiger partial charge < -0.3 is 19.2 Å². The lowest BCUT2D eigenvalue weighted by molar-refractivity contribution is 0.0714. The number of carbonyl (C=O) groups is 1. The fourth-order valence-corrected chi connectivity index (χ4v) is 4.54. The number of nitrogens with zero attached hydrogens (tertiary/aromatic N) is 1. The fraction of sp³-hybridized carbons (Fsp3) is 0.185. The number of phenolic OH excluding ortho intramolecular Hbond substituents is 1. The molecule has 1 amide bonds. The molecule has 1 atom stereocenters. The zero-order valence-corrected chi connectivity index (χ0v) is 19.4. The van der Waals surface area contributed by atoms with Gasteiger partial charge in [-0.2, -0.15) is 0 Å². The van der Waals surface area contributed by atoms with Crippen LogP contribution in [-0.2, 0) is 6.54 Å². The molecule has 172 valence electrons. The number of aromatic hydroxyl groups is 1. The van der Waals surface area contributed by atoms with Crippen LogP contribution in [0.25, 0.3) is 11.0 Å². The summed E-state index contributed by atoms with van der Waals surface area (Å²) in [7, 11) is 0. The van der Waals surface area contributed by atoms with Gasteiger partial charge >= 0.3 is 0 Å². The van der Waals surface area contributed by atoms with E-state index in [2.05, 4.69) is 0 Å². The quantitative estimate of drug-likeness (QED) is 0.406. The van der Waals surface area contributed by atoms with E-state index >= 15 is 0 Å². The second kappa shape index (κ2) is 8.54. The number of halogens is 1. The van der Waals surface area contributed by atoms with Crippen LogP contribution >= 0.6 is 11.6 Å². The van der Waals surface area contributed by atoms with E-state index in [0.29, 0.717) is 28.2 Å². The normalized spacial score (nSPS) is 15.1. The lowest BCUT2D eigenvalue weighted by Crippen LogP contribution is -2.29. The average Bonchev–Trinajstić information content (AvgIpc) is 3.09. The molecule has 3 aromatic carbocycles. The number of hydrogen-bond donors (Lipinski definition) is 1. The van der Waals surface area contributed by atoms with E-state index in [1.165, 1.54) is 6.07 Å². The Morgan fingerprint density at radius 2 is 1.82 bits per heavy atom. The van der Waals surface area contributed by atoms with Crippen molar-refractivity contribution >= 4 is 28.5 Å². The van der Waals surface area contributed by atoms with Crippen molar-refractivity contribution in [3.05, 3.63) is 104 Å². The Labute approximate surface area is 201 Å². The maximum Gasteiger partial charge on any atom is 0.291 e. The number of amides is 1. The molecular formula is C27H22ClNO5. The summed E-state index contributed by atoms with van der Waals surface area (Å²) in [6.45, 7) is 4.44. The number of aryl methyl sites for hydroxylation is 1. The molecule has 2 heterocycles. The summed E-state index contributed by atoms with van der Waals surface area (Å²) in [5.41, 5.74) is 2.90. The molecule has 4 aromatic rings. The number of ether oxygens (including phenoxy) is 1. The third-order valence-corrected chi connectivity index (χ3v) is 6.24. The van der Waals surface area contributed by atoms with E-state index < -0.39 is 6.04 Å². The molecule has 34 heavy (non-hydrogen) atoms. The molecule has 5 rings (SSSR count). The highest BCUT2D eigenvalue weighted by molar-refractivity contribution is 6.31. The van der Waals surface area contributed by atoms with Gasteiger partial charge in [-0.3, -0.25) is 9.59 Å². The first-order valence-corrected chi connectivity index (χ1v) is 11.3.